The first-order valence-electron chi connectivity index (χ1n) is 6.11. The summed E-state index contributed by atoms with van der Waals surface area (Å²) in [4.78, 5) is 9.48. The van der Waals surface area contributed by atoms with Crippen molar-refractivity contribution in [2.75, 3.05) is 12.4 Å². The summed E-state index contributed by atoms with van der Waals surface area (Å²) in [5, 5.41) is 4.23. The summed E-state index contributed by atoms with van der Waals surface area (Å²) in [5.74, 6) is 1.55. The molecule has 0 amide bonds. The lowest BCUT2D eigenvalue weighted by atomic mass is 10.2. The first kappa shape index (κ1) is 12.7. The van der Waals surface area contributed by atoms with Gasteiger partial charge in [0.05, 0.1) is 12.6 Å². The van der Waals surface area contributed by atoms with Gasteiger partial charge in [-0.3, -0.25) is 0 Å². The number of anilines is 2. The topological polar surface area (TPSA) is 47.0 Å². The number of rotatable bonds is 3. The average molecular weight is 283 g/mol. The number of fused-ring (bicyclic) bond motifs is 1. The van der Waals surface area contributed by atoms with E-state index in [-0.39, 0.29) is 0 Å². The smallest absolute Gasteiger partial charge is 0.141 e. The minimum absolute atomic E-state index is 0.768. The van der Waals surface area contributed by atoms with Crippen molar-refractivity contribution in [1.29, 1.82) is 0 Å². The molecule has 0 aliphatic rings. The van der Waals surface area contributed by atoms with Crippen molar-refractivity contribution in [3.8, 4) is 5.75 Å². The maximum atomic E-state index is 5.20. The lowest BCUT2D eigenvalue weighted by molar-refractivity contribution is 0.415. The molecule has 4 nitrogen and oxygen atoms in total. The zero-order chi connectivity index (χ0) is 13.9. The highest BCUT2D eigenvalue weighted by molar-refractivity contribution is 7.80. The SMILES string of the molecule is COc1ccc2c(Nc3ccc(S)cc3)ncnc2c1. The van der Waals surface area contributed by atoms with Crippen LogP contribution in [0.1, 0.15) is 0 Å². The van der Waals surface area contributed by atoms with Crippen molar-refractivity contribution in [2.24, 2.45) is 0 Å². The van der Waals surface area contributed by atoms with E-state index in [1.165, 1.54) is 6.33 Å². The molecule has 1 heterocycles. The van der Waals surface area contributed by atoms with Gasteiger partial charge < -0.3 is 10.1 Å². The number of nitrogens with zero attached hydrogens (tertiary/aromatic N) is 2. The van der Waals surface area contributed by atoms with E-state index in [9.17, 15) is 0 Å². The third-order valence-electron chi connectivity index (χ3n) is 2.97. The van der Waals surface area contributed by atoms with Gasteiger partial charge in [0.2, 0.25) is 0 Å². The zero-order valence-corrected chi connectivity index (χ0v) is 11.8. The van der Waals surface area contributed by atoms with Crippen LogP contribution < -0.4 is 10.1 Å². The predicted molar refractivity (Wildman–Crippen MR) is 83.1 cm³/mol. The second-order valence-corrected chi connectivity index (χ2v) is 4.79. The van der Waals surface area contributed by atoms with Gasteiger partial charge in [-0.15, -0.1) is 12.6 Å². The normalized spacial score (nSPS) is 10.5. The fraction of sp³-hybridized carbons (Fsp3) is 0.0667. The third-order valence-corrected chi connectivity index (χ3v) is 3.27. The minimum atomic E-state index is 0.768. The predicted octanol–water partition coefficient (Wildman–Crippen LogP) is 3.67. The molecule has 3 aromatic rings. The standard InChI is InChI=1S/C15H13N3OS/c1-19-11-4-7-13-14(8-11)16-9-17-15(13)18-10-2-5-12(20)6-3-10/h2-9,20H,1H3,(H,16,17,18). The molecule has 0 aliphatic heterocycles. The van der Waals surface area contributed by atoms with Crippen molar-refractivity contribution in [3.05, 3.63) is 48.8 Å². The lowest BCUT2D eigenvalue weighted by Gasteiger charge is -2.09. The lowest BCUT2D eigenvalue weighted by Crippen LogP contribution is -1.96. The Balaban J connectivity index is 2.01. The monoisotopic (exact) mass is 283 g/mol. The fourth-order valence-corrected chi connectivity index (χ4v) is 2.09. The molecule has 0 fully saturated rings. The van der Waals surface area contributed by atoms with Gasteiger partial charge >= 0.3 is 0 Å². The summed E-state index contributed by atoms with van der Waals surface area (Å²) in [5.41, 5.74) is 1.80. The summed E-state index contributed by atoms with van der Waals surface area (Å²) >= 11 is 4.27. The van der Waals surface area contributed by atoms with Gasteiger partial charge in [-0.25, -0.2) is 9.97 Å². The van der Waals surface area contributed by atoms with Crippen LogP contribution in [-0.2, 0) is 0 Å². The van der Waals surface area contributed by atoms with E-state index >= 15 is 0 Å². The number of methoxy groups -OCH3 is 1. The summed E-state index contributed by atoms with van der Waals surface area (Å²) in [6, 6.07) is 13.5. The van der Waals surface area contributed by atoms with Gasteiger partial charge in [0.1, 0.15) is 17.9 Å². The van der Waals surface area contributed by atoms with Crippen LogP contribution in [-0.4, -0.2) is 17.1 Å². The van der Waals surface area contributed by atoms with Crippen LogP contribution in [0.15, 0.2) is 53.7 Å². The van der Waals surface area contributed by atoms with Crippen LogP contribution in [0.3, 0.4) is 0 Å². The molecule has 2 aromatic carbocycles. The van der Waals surface area contributed by atoms with Gasteiger partial charge in [-0.1, -0.05) is 0 Å². The molecule has 0 unspecified atom stereocenters. The van der Waals surface area contributed by atoms with Crippen molar-refractivity contribution in [2.45, 2.75) is 4.90 Å². The van der Waals surface area contributed by atoms with E-state index in [4.69, 9.17) is 4.74 Å². The van der Waals surface area contributed by atoms with Crippen LogP contribution in [0.5, 0.6) is 5.75 Å². The number of hydrogen-bond donors (Lipinski definition) is 2. The van der Waals surface area contributed by atoms with E-state index < -0.39 is 0 Å². The Bertz CT molecular complexity index is 744. The van der Waals surface area contributed by atoms with Gasteiger partial charge in [-0.2, -0.15) is 0 Å². The molecule has 0 radical (unpaired) electrons. The van der Waals surface area contributed by atoms with E-state index in [1.54, 1.807) is 7.11 Å². The molecule has 0 spiro atoms. The second kappa shape index (κ2) is 5.38. The Morgan fingerprint density at radius 2 is 1.85 bits per heavy atom. The highest BCUT2D eigenvalue weighted by atomic mass is 32.1. The number of aromatic nitrogens is 2. The quantitative estimate of drug-likeness (QED) is 0.720. The van der Waals surface area contributed by atoms with Crippen LogP contribution in [0.2, 0.25) is 0 Å². The number of hydrogen-bond acceptors (Lipinski definition) is 5. The number of nitrogens with one attached hydrogen (secondary N) is 1. The molecule has 0 saturated heterocycles. The maximum Gasteiger partial charge on any atom is 0.141 e. The fourth-order valence-electron chi connectivity index (χ4n) is 1.94. The molecule has 0 bridgehead atoms. The van der Waals surface area contributed by atoms with Crippen molar-refractivity contribution in [3.63, 3.8) is 0 Å². The largest absolute Gasteiger partial charge is 0.497 e. The first-order valence-corrected chi connectivity index (χ1v) is 6.56. The number of benzene rings is 2. The highest BCUT2D eigenvalue weighted by Crippen LogP contribution is 2.26. The molecule has 100 valence electrons. The molecule has 1 aromatic heterocycles. The minimum Gasteiger partial charge on any atom is -0.497 e. The van der Waals surface area contributed by atoms with Gasteiger partial charge in [0, 0.05) is 22.0 Å². The summed E-state index contributed by atoms with van der Waals surface area (Å²) in [7, 11) is 1.64. The molecule has 5 heteroatoms. The highest BCUT2D eigenvalue weighted by Gasteiger charge is 2.05. The summed E-state index contributed by atoms with van der Waals surface area (Å²) in [6.07, 6.45) is 1.54. The zero-order valence-electron chi connectivity index (χ0n) is 10.9. The van der Waals surface area contributed by atoms with Crippen LogP contribution >= 0.6 is 12.6 Å². The van der Waals surface area contributed by atoms with E-state index in [0.717, 1.165) is 33.1 Å². The third kappa shape index (κ3) is 2.53. The molecule has 1 N–H and O–H groups in total. The Morgan fingerprint density at radius 1 is 1.05 bits per heavy atom. The molecule has 20 heavy (non-hydrogen) atoms. The van der Waals surface area contributed by atoms with E-state index in [2.05, 4.69) is 27.9 Å². The maximum absolute atomic E-state index is 5.20. The van der Waals surface area contributed by atoms with Crippen molar-refractivity contribution < 1.29 is 4.74 Å². The first-order chi connectivity index (χ1) is 9.76. The van der Waals surface area contributed by atoms with E-state index in [0.29, 0.717) is 0 Å². The molecule has 0 saturated carbocycles. The van der Waals surface area contributed by atoms with Crippen molar-refractivity contribution >= 4 is 35.0 Å². The van der Waals surface area contributed by atoms with E-state index in [1.807, 2.05) is 42.5 Å². The summed E-state index contributed by atoms with van der Waals surface area (Å²) in [6.45, 7) is 0. The Labute approximate surface area is 122 Å². The second-order valence-electron chi connectivity index (χ2n) is 4.28. The van der Waals surface area contributed by atoms with Crippen molar-refractivity contribution in [1.82, 2.24) is 9.97 Å². The molecular formula is C15H13N3OS. The van der Waals surface area contributed by atoms with Crippen LogP contribution in [0.25, 0.3) is 10.9 Å². The molecule has 3 rings (SSSR count). The van der Waals surface area contributed by atoms with Crippen LogP contribution in [0, 0.1) is 0 Å². The van der Waals surface area contributed by atoms with Gasteiger partial charge in [0.25, 0.3) is 0 Å². The molecule has 0 aliphatic carbocycles. The Hall–Kier alpha value is -2.27. The number of thiol groups is 1. The number of ether oxygens (including phenoxy) is 1. The molecule has 0 atom stereocenters. The summed E-state index contributed by atoms with van der Waals surface area (Å²) < 4.78 is 5.20. The van der Waals surface area contributed by atoms with Gasteiger partial charge in [0.15, 0.2) is 0 Å². The van der Waals surface area contributed by atoms with Gasteiger partial charge in [-0.05, 0) is 36.4 Å². The average Bonchev–Trinajstić information content (AvgIpc) is 2.49. The van der Waals surface area contributed by atoms with Crippen LogP contribution in [0.4, 0.5) is 11.5 Å². The molecular weight excluding hydrogens is 270 g/mol. The Morgan fingerprint density at radius 3 is 2.60 bits per heavy atom. The Kier molecular flexibility index (Phi) is 3.43.